The minimum absolute atomic E-state index is 0.0658. The highest BCUT2D eigenvalue weighted by atomic mass is 35.5. The molecule has 0 bridgehead atoms. The monoisotopic (exact) mass is 418 g/mol. The molecule has 6 nitrogen and oxygen atoms in total. The topological polar surface area (TPSA) is 75.2 Å². The number of nitrogens with zero attached hydrogens (tertiary/aromatic N) is 3. The second-order valence-corrected chi connectivity index (χ2v) is 8.42. The minimum Gasteiger partial charge on any atom is -0.328 e. The van der Waals surface area contributed by atoms with E-state index in [-0.39, 0.29) is 31.4 Å². The molecule has 1 aromatic heterocycles. The van der Waals surface area contributed by atoms with Crippen LogP contribution in [0.1, 0.15) is 40.7 Å². The summed E-state index contributed by atoms with van der Waals surface area (Å²) in [6, 6.07) is 4.81. The number of hydrogen-bond donors (Lipinski definition) is 1. The highest BCUT2D eigenvalue weighted by Gasteiger charge is 2.61. The first-order valence-electron chi connectivity index (χ1n) is 9.35. The molecule has 2 fully saturated rings. The third-order valence-corrected chi connectivity index (χ3v) is 6.14. The zero-order chi connectivity index (χ0) is 20.4. The van der Waals surface area contributed by atoms with Gasteiger partial charge in [-0.05, 0) is 36.5 Å². The van der Waals surface area contributed by atoms with Crippen LogP contribution in [0.5, 0.6) is 0 Å². The van der Waals surface area contributed by atoms with Crippen molar-refractivity contribution < 1.29 is 18.4 Å². The number of anilines is 1. The lowest BCUT2D eigenvalue weighted by Crippen LogP contribution is -2.47. The Bertz CT molecular complexity index is 1030. The van der Waals surface area contributed by atoms with Gasteiger partial charge in [0.05, 0.1) is 17.4 Å². The molecule has 29 heavy (non-hydrogen) atoms. The molecule has 2 aliphatic carbocycles. The Hall–Kier alpha value is -2.61. The fraction of sp³-hybridized carbons (Fsp3) is 0.400. The van der Waals surface area contributed by atoms with E-state index in [2.05, 4.69) is 15.3 Å². The lowest BCUT2D eigenvalue weighted by molar-refractivity contribution is -0.117. The molecule has 0 saturated heterocycles. The molecule has 2 heterocycles. The normalized spacial score (nSPS) is 26.2. The first-order valence-corrected chi connectivity index (χ1v) is 9.73. The van der Waals surface area contributed by atoms with E-state index in [1.54, 1.807) is 18.2 Å². The Morgan fingerprint density at radius 2 is 2.00 bits per heavy atom. The van der Waals surface area contributed by atoms with Gasteiger partial charge in [0, 0.05) is 17.5 Å². The summed E-state index contributed by atoms with van der Waals surface area (Å²) in [5.74, 6) is -0.795. The largest absolute Gasteiger partial charge is 0.328 e. The number of fused-ring (bicyclic) bond motifs is 2. The van der Waals surface area contributed by atoms with Crippen molar-refractivity contribution in [3.05, 3.63) is 52.3 Å². The molecule has 1 aromatic carbocycles. The number of benzene rings is 1. The van der Waals surface area contributed by atoms with Crippen LogP contribution in [0.3, 0.4) is 0 Å². The van der Waals surface area contributed by atoms with Crippen molar-refractivity contribution in [2.45, 2.75) is 36.5 Å². The molecule has 5 rings (SSSR count). The standard InChI is InChI=1S/C20H17ClF2N4O2/c21-12-7-24-18(25-8-12)26-16(28)9-27-10-19(6-15(19)22)14-5-11(20(23)3-4-20)1-2-13(14)17(27)29/h1-2,5,7-8,15H,3-4,6,9-10H2,(H,24,25,26,28)/t15-,19-/m0/s1. The molecule has 0 radical (unpaired) electrons. The van der Waals surface area contributed by atoms with Crippen LogP contribution >= 0.6 is 11.6 Å². The minimum atomic E-state index is -1.35. The molecule has 2 atom stereocenters. The summed E-state index contributed by atoms with van der Waals surface area (Å²) in [5, 5.41) is 2.83. The second kappa shape index (κ2) is 6.19. The lowest BCUT2D eigenvalue weighted by atomic mass is 9.84. The molecule has 2 amide bonds. The van der Waals surface area contributed by atoms with Gasteiger partial charge in [0.15, 0.2) is 0 Å². The summed E-state index contributed by atoms with van der Waals surface area (Å²) in [6.07, 6.45) is 2.72. The number of carbonyl (C=O) groups is 2. The molecule has 0 unspecified atom stereocenters. The zero-order valence-electron chi connectivity index (χ0n) is 15.3. The summed E-state index contributed by atoms with van der Waals surface area (Å²) in [7, 11) is 0. The van der Waals surface area contributed by atoms with Gasteiger partial charge in [-0.1, -0.05) is 23.7 Å². The van der Waals surface area contributed by atoms with Crippen molar-refractivity contribution in [3.8, 4) is 0 Å². The molecule has 1 spiro atoms. The van der Waals surface area contributed by atoms with Gasteiger partial charge in [-0.3, -0.25) is 14.9 Å². The van der Waals surface area contributed by atoms with E-state index in [9.17, 15) is 18.4 Å². The molecule has 3 aliphatic rings. The maximum atomic E-state index is 14.5. The number of nitrogens with one attached hydrogen (secondary N) is 1. The molecule has 9 heteroatoms. The average molecular weight is 419 g/mol. The third kappa shape index (κ3) is 3.06. The van der Waals surface area contributed by atoms with Gasteiger partial charge in [0.1, 0.15) is 18.4 Å². The maximum Gasteiger partial charge on any atom is 0.254 e. The molecule has 2 saturated carbocycles. The van der Waals surface area contributed by atoms with Gasteiger partial charge in [-0.25, -0.2) is 18.7 Å². The van der Waals surface area contributed by atoms with E-state index in [0.717, 1.165) is 0 Å². The molecular weight excluding hydrogens is 402 g/mol. The number of hydrogen-bond acceptors (Lipinski definition) is 4. The van der Waals surface area contributed by atoms with Crippen LogP contribution in [-0.4, -0.2) is 45.9 Å². The second-order valence-electron chi connectivity index (χ2n) is 7.99. The Morgan fingerprint density at radius 3 is 2.62 bits per heavy atom. The van der Waals surface area contributed by atoms with Crippen LogP contribution < -0.4 is 5.32 Å². The fourth-order valence-electron chi connectivity index (χ4n) is 4.03. The van der Waals surface area contributed by atoms with Gasteiger partial charge < -0.3 is 4.90 Å². The van der Waals surface area contributed by atoms with Gasteiger partial charge in [-0.2, -0.15) is 0 Å². The average Bonchev–Trinajstić information content (AvgIpc) is 3.59. The van der Waals surface area contributed by atoms with Crippen LogP contribution in [0.2, 0.25) is 5.02 Å². The van der Waals surface area contributed by atoms with Crippen LogP contribution in [0, 0.1) is 0 Å². The molecular formula is C20H17ClF2N4O2. The Kier molecular flexibility index (Phi) is 3.93. The van der Waals surface area contributed by atoms with Crippen LogP contribution in [0.4, 0.5) is 14.7 Å². The van der Waals surface area contributed by atoms with Gasteiger partial charge in [-0.15, -0.1) is 0 Å². The Labute approximate surface area is 170 Å². The number of carbonyl (C=O) groups excluding carboxylic acids is 2. The van der Waals surface area contributed by atoms with Crippen LogP contribution in [0.15, 0.2) is 30.6 Å². The number of halogens is 3. The molecule has 150 valence electrons. The quantitative estimate of drug-likeness (QED) is 0.827. The van der Waals surface area contributed by atoms with Crippen LogP contribution in [-0.2, 0) is 15.9 Å². The van der Waals surface area contributed by atoms with E-state index in [1.165, 1.54) is 17.3 Å². The summed E-state index contributed by atoms with van der Waals surface area (Å²) < 4.78 is 28.9. The highest BCUT2D eigenvalue weighted by molar-refractivity contribution is 6.30. The van der Waals surface area contributed by atoms with Crippen molar-refractivity contribution in [1.82, 2.24) is 14.9 Å². The first-order chi connectivity index (χ1) is 13.8. The van der Waals surface area contributed by atoms with E-state index in [0.29, 0.717) is 34.6 Å². The molecule has 1 N–H and O–H groups in total. The zero-order valence-corrected chi connectivity index (χ0v) is 16.0. The molecule has 1 aliphatic heterocycles. The van der Waals surface area contributed by atoms with Crippen LogP contribution in [0.25, 0.3) is 0 Å². The van der Waals surface area contributed by atoms with Crippen molar-refractivity contribution in [2.75, 3.05) is 18.4 Å². The van der Waals surface area contributed by atoms with E-state index < -0.39 is 23.2 Å². The van der Waals surface area contributed by atoms with E-state index in [4.69, 9.17) is 11.6 Å². The summed E-state index contributed by atoms with van der Waals surface area (Å²) in [4.78, 5) is 34.4. The third-order valence-electron chi connectivity index (χ3n) is 5.94. The van der Waals surface area contributed by atoms with E-state index >= 15 is 0 Å². The predicted molar refractivity (Wildman–Crippen MR) is 101 cm³/mol. The van der Waals surface area contributed by atoms with Crippen molar-refractivity contribution in [1.29, 1.82) is 0 Å². The van der Waals surface area contributed by atoms with Crippen molar-refractivity contribution >= 4 is 29.4 Å². The number of aromatic nitrogens is 2. The van der Waals surface area contributed by atoms with Crippen molar-refractivity contribution in [2.24, 2.45) is 0 Å². The predicted octanol–water partition coefficient (Wildman–Crippen LogP) is 3.16. The number of alkyl halides is 2. The first kappa shape index (κ1) is 18.4. The number of amides is 2. The maximum absolute atomic E-state index is 14.5. The lowest BCUT2D eigenvalue weighted by Gasteiger charge is -2.34. The summed E-state index contributed by atoms with van der Waals surface area (Å²) in [5.41, 5.74) is -0.806. The van der Waals surface area contributed by atoms with Gasteiger partial charge >= 0.3 is 0 Å². The smallest absolute Gasteiger partial charge is 0.254 e. The summed E-state index contributed by atoms with van der Waals surface area (Å²) in [6.45, 7) is -0.175. The van der Waals surface area contributed by atoms with E-state index in [1.807, 2.05) is 0 Å². The van der Waals surface area contributed by atoms with Gasteiger partial charge in [0.2, 0.25) is 11.9 Å². The highest BCUT2D eigenvalue weighted by Crippen LogP contribution is 2.57. The Balaban J connectivity index is 1.39. The Morgan fingerprint density at radius 1 is 1.31 bits per heavy atom. The summed E-state index contributed by atoms with van der Waals surface area (Å²) >= 11 is 5.72. The van der Waals surface area contributed by atoms with Gasteiger partial charge in [0.25, 0.3) is 5.91 Å². The fourth-order valence-corrected chi connectivity index (χ4v) is 4.13. The SMILES string of the molecule is O=C(CN1C[C@@]2(C[C@@H]2F)c2cc(C3(F)CC3)ccc2C1=O)Nc1ncc(Cl)cn1. The molecule has 2 aromatic rings. The number of rotatable bonds is 4. The van der Waals surface area contributed by atoms with Crippen molar-refractivity contribution in [3.63, 3.8) is 0 Å².